The van der Waals surface area contributed by atoms with Crippen molar-refractivity contribution in [3.05, 3.63) is 33.4 Å². The Kier molecular flexibility index (Phi) is 3.30. The Morgan fingerprint density at radius 3 is 2.33 bits per heavy atom. The number of non-ortho nitro benzene ring substituents is 1. The molecule has 1 fully saturated rings. The van der Waals surface area contributed by atoms with E-state index in [4.69, 9.17) is 0 Å². The van der Waals surface area contributed by atoms with Crippen molar-refractivity contribution in [1.82, 2.24) is 0 Å². The van der Waals surface area contributed by atoms with Crippen LogP contribution < -0.4 is 4.90 Å². The van der Waals surface area contributed by atoms with Crippen molar-refractivity contribution >= 4 is 29.9 Å². The van der Waals surface area contributed by atoms with E-state index in [0.29, 0.717) is 13.0 Å². The fraction of sp³-hybridized carbons (Fsp3) is 0.417. The second kappa shape index (κ2) is 4.61. The molecular formula is C12H14N2O3S. The fourth-order valence-electron chi connectivity index (χ4n) is 2.37. The number of amides is 1. The number of carbonyl (C=O) groups excluding carboxylic acids is 1. The maximum Gasteiger partial charge on any atom is 0.270 e. The number of nitrogens with zero attached hydrogens (tertiary/aromatic N) is 2. The lowest BCUT2D eigenvalue weighted by Gasteiger charge is -2.21. The van der Waals surface area contributed by atoms with Gasteiger partial charge in [0.1, 0.15) is 0 Å². The Balaban J connectivity index is 2.46. The summed E-state index contributed by atoms with van der Waals surface area (Å²) >= 11 is 4.31. The molecule has 0 spiro atoms. The molecule has 1 heterocycles. The molecule has 1 aliphatic rings. The standard InChI is InChI=1S/C12H14N2O3S/c1-7-3-9(14(16)17)4-8(2)12(7)13-6-10(18)5-11(13)15/h3-4,10,18H,5-6H2,1-2H3. The first-order valence-electron chi connectivity index (χ1n) is 5.64. The third kappa shape index (κ3) is 2.20. The first-order valence-corrected chi connectivity index (χ1v) is 6.16. The van der Waals surface area contributed by atoms with Crippen LogP contribution in [0.15, 0.2) is 12.1 Å². The second-order valence-electron chi connectivity index (χ2n) is 4.55. The van der Waals surface area contributed by atoms with Gasteiger partial charge in [-0.25, -0.2) is 0 Å². The van der Waals surface area contributed by atoms with Gasteiger partial charge in [0.05, 0.1) is 4.92 Å². The van der Waals surface area contributed by atoms with E-state index in [9.17, 15) is 14.9 Å². The molecule has 0 aliphatic carbocycles. The number of nitro benzene ring substituents is 1. The second-order valence-corrected chi connectivity index (χ2v) is 5.28. The lowest BCUT2D eigenvalue weighted by atomic mass is 10.1. The molecule has 5 nitrogen and oxygen atoms in total. The van der Waals surface area contributed by atoms with Crippen LogP contribution in [0.25, 0.3) is 0 Å². The van der Waals surface area contributed by atoms with E-state index in [0.717, 1.165) is 16.8 Å². The van der Waals surface area contributed by atoms with Crippen LogP contribution in [0.3, 0.4) is 0 Å². The summed E-state index contributed by atoms with van der Waals surface area (Å²) in [4.78, 5) is 23.9. The molecular weight excluding hydrogens is 252 g/mol. The number of anilines is 1. The summed E-state index contributed by atoms with van der Waals surface area (Å²) in [6.07, 6.45) is 0.416. The molecule has 6 heteroatoms. The van der Waals surface area contributed by atoms with Crippen molar-refractivity contribution in [3.63, 3.8) is 0 Å². The molecule has 0 saturated carbocycles. The largest absolute Gasteiger partial charge is 0.311 e. The van der Waals surface area contributed by atoms with E-state index < -0.39 is 4.92 Å². The van der Waals surface area contributed by atoms with Crippen LogP contribution in [0.1, 0.15) is 17.5 Å². The number of hydrogen-bond acceptors (Lipinski definition) is 4. The summed E-state index contributed by atoms with van der Waals surface area (Å²) in [5, 5.41) is 10.8. The van der Waals surface area contributed by atoms with Gasteiger partial charge >= 0.3 is 0 Å². The third-order valence-corrected chi connectivity index (χ3v) is 3.41. The molecule has 1 unspecified atom stereocenters. The van der Waals surface area contributed by atoms with Gasteiger partial charge in [-0.2, -0.15) is 12.6 Å². The molecule has 96 valence electrons. The molecule has 18 heavy (non-hydrogen) atoms. The molecule has 0 radical (unpaired) electrons. The maximum absolute atomic E-state index is 11.9. The summed E-state index contributed by atoms with van der Waals surface area (Å²) in [6.45, 7) is 4.13. The van der Waals surface area contributed by atoms with E-state index >= 15 is 0 Å². The summed E-state index contributed by atoms with van der Waals surface area (Å²) in [7, 11) is 0. The summed E-state index contributed by atoms with van der Waals surface area (Å²) in [5.41, 5.74) is 2.33. The summed E-state index contributed by atoms with van der Waals surface area (Å²) < 4.78 is 0. The Hall–Kier alpha value is -1.56. The minimum atomic E-state index is -0.420. The van der Waals surface area contributed by atoms with Crippen molar-refractivity contribution in [2.45, 2.75) is 25.5 Å². The molecule has 1 aromatic rings. The maximum atomic E-state index is 11.9. The number of rotatable bonds is 2. The zero-order valence-electron chi connectivity index (χ0n) is 10.2. The highest BCUT2D eigenvalue weighted by Gasteiger charge is 2.30. The number of thiol groups is 1. The lowest BCUT2D eigenvalue weighted by Crippen LogP contribution is -2.26. The average Bonchev–Trinajstić information content (AvgIpc) is 2.56. The Morgan fingerprint density at radius 1 is 1.39 bits per heavy atom. The van der Waals surface area contributed by atoms with Crippen molar-refractivity contribution in [3.8, 4) is 0 Å². The highest BCUT2D eigenvalue weighted by atomic mass is 32.1. The van der Waals surface area contributed by atoms with E-state index in [1.54, 1.807) is 18.7 Å². The van der Waals surface area contributed by atoms with Crippen LogP contribution in [-0.2, 0) is 4.79 Å². The molecule has 0 bridgehead atoms. The molecule has 1 amide bonds. The Morgan fingerprint density at radius 2 is 1.94 bits per heavy atom. The predicted octanol–water partition coefficient (Wildman–Crippen LogP) is 2.25. The van der Waals surface area contributed by atoms with E-state index in [1.807, 2.05) is 0 Å². The number of carbonyl (C=O) groups is 1. The van der Waals surface area contributed by atoms with Crippen molar-refractivity contribution in [2.75, 3.05) is 11.4 Å². The molecule has 1 aliphatic heterocycles. The highest BCUT2D eigenvalue weighted by Crippen LogP contribution is 2.33. The molecule has 0 N–H and O–H groups in total. The van der Waals surface area contributed by atoms with Crippen LogP contribution in [0, 0.1) is 24.0 Å². The molecule has 0 aromatic heterocycles. The monoisotopic (exact) mass is 266 g/mol. The summed E-state index contributed by atoms with van der Waals surface area (Å²) in [5.74, 6) is 0.0232. The lowest BCUT2D eigenvalue weighted by molar-refractivity contribution is -0.384. The molecule has 1 atom stereocenters. The Labute approximate surface area is 110 Å². The van der Waals surface area contributed by atoms with Crippen molar-refractivity contribution < 1.29 is 9.72 Å². The average molecular weight is 266 g/mol. The van der Waals surface area contributed by atoms with Crippen LogP contribution in [0.4, 0.5) is 11.4 Å². The number of benzene rings is 1. The van der Waals surface area contributed by atoms with Gasteiger partial charge in [0.15, 0.2) is 0 Å². The normalized spacial score (nSPS) is 19.4. The van der Waals surface area contributed by atoms with Crippen LogP contribution in [-0.4, -0.2) is 22.6 Å². The van der Waals surface area contributed by atoms with Gasteiger partial charge in [-0.05, 0) is 25.0 Å². The number of nitro groups is 1. The van der Waals surface area contributed by atoms with Crippen molar-refractivity contribution in [2.24, 2.45) is 0 Å². The van der Waals surface area contributed by atoms with Gasteiger partial charge in [-0.15, -0.1) is 0 Å². The van der Waals surface area contributed by atoms with Crippen LogP contribution in [0.5, 0.6) is 0 Å². The zero-order chi connectivity index (χ0) is 13.4. The van der Waals surface area contributed by atoms with Crippen molar-refractivity contribution in [1.29, 1.82) is 0 Å². The number of hydrogen-bond donors (Lipinski definition) is 1. The third-order valence-electron chi connectivity index (χ3n) is 3.06. The number of aryl methyl sites for hydroxylation is 2. The quantitative estimate of drug-likeness (QED) is 0.507. The molecule has 1 aromatic carbocycles. The molecule has 2 rings (SSSR count). The first kappa shape index (κ1) is 12.9. The van der Waals surface area contributed by atoms with Crippen LogP contribution >= 0.6 is 12.6 Å². The zero-order valence-corrected chi connectivity index (χ0v) is 11.1. The van der Waals surface area contributed by atoms with E-state index in [-0.39, 0.29) is 16.8 Å². The van der Waals surface area contributed by atoms with Gasteiger partial charge in [0.2, 0.25) is 5.91 Å². The minimum absolute atomic E-state index is 0.0232. The molecule has 1 saturated heterocycles. The van der Waals surface area contributed by atoms with Gasteiger partial charge < -0.3 is 4.90 Å². The highest BCUT2D eigenvalue weighted by molar-refractivity contribution is 7.81. The van der Waals surface area contributed by atoms with Gasteiger partial charge in [0, 0.05) is 36.0 Å². The fourth-order valence-corrected chi connectivity index (χ4v) is 2.69. The van der Waals surface area contributed by atoms with E-state index in [1.165, 1.54) is 12.1 Å². The van der Waals surface area contributed by atoms with Gasteiger partial charge in [-0.1, -0.05) is 0 Å². The minimum Gasteiger partial charge on any atom is -0.311 e. The van der Waals surface area contributed by atoms with Gasteiger partial charge in [0.25, 0.3) is 5.69 Å². The smallest absolute Gasteiger partial charge is 0.270 e. The first-order chi connectivity index (χ1) is 8.40. The van der Waals surface area contributed by atoms with Gasteiger partial charge in [-0.3, -0.25) is 14.9 Å². The topological polar surface area (TPSA) is 63.5 Å². The Bertz CT molecular complexity index is 507. The summed E-state index contributed by atoms with van der Waals surface area (Å²) in [6, 6.07) is 3.00. The predicted molar refractivity (Wildman–Crippen MR) is 72.3 cm³/mol. The van der Waals surface area contributed by atoms with Crippen LogP contribution in [0.2, 0.25) is 0 Å². The SMILES string of the molecule is Cc1cc([N+](=O)[O-])cc(C)c1N1CC(S)CC1=O. The van der Waals surface area contributed by atoms with E-state index in [2.05, 4.69) is 12.6 Å².